The van der Waals surface area contributed by atoms with Crippen LogP contribution in [0.25, 0.3) is 0 Å². The Morgan fingerprint density at radius 3 is 2.67 bits per heavy atom. The molecule has 152 valence electrons. The van der Waals surface area contributed by atoms with Crippen LogP contribution in [0.5, 0.6) is 0 Å². The molecule has 2 aliphatic rings. The van der Waals surface area contributed by atoms with Crippen LogP contribution in [0.4, 0.5) is 8.78 Å². The van der Waals surface area contributed by atoms with Crippen LogP contribution in [0.3, 0.4) is 0 Å². The van der Waals surface area contributed by atoms with Crippen molar-refractivity contribution in [2.75, 3.05) is 39.3 Å². The van der Waals surface area contributed by atoms with Crippen LogP contribution in [0.2, 0.25) is 0 Å². The molecule has 0 saturated carbocycles. The Bertz CT molecular complexity index is 634. The Labute approximate surface area is 178 Å². The van der Waals surface area contributed by atoms with E-state index in [0.29, 0.717) is 18.2 Å². The lowest BCUT2D eigenvalue weighted by Gasteiger charge is -2.25. The highest BCUT2D eigenvalue weighted by Gasteiger charge is 2.30. The van der Waals surface area contributed by atoms with Gasteiger partial charge in [0.25, 0.3) is 0 Å². The average Bonchev–Trinajstić information content (AvgIpc) is 3.29. The molecule has 2 saturated heterocycles. The molecule has 7 heteroatoms. The summed E-state index contributed by atoms with van der Waals surface area (Å²) in [5, 5.41) is 3.37. The van der Waals surface area contributed by atoms with Crippen LogP contribution in [-0.4, -0.2) is 61.1 Å². The topological polar surface area (TPSA) is 30.9 Å². The quantitative estimate of drug-likeness (QED) is 0.385. The molecular formula is C20H31F2IN4. The predicted octanol–water partition coefficient (Wildman–Crippen LogP) is 3.82. The maximum Gasteiger partial charge on any atom is 0.193 e. The molecule has 0 aliphatic carbocycles. The molecule has 2 aliphatic heterocycles. The van der Waals surface area contributed by atoms with Gasteiger partial charge in [0, 0.05) is 44.2 Å². The molecule has 27 heavy (non-hydrogen) atoms. The summed E-state index contributed by atoms with van der Waals surface area (Å²) in [4.78, 5) is 9.67. The van der Waals surface area contributed by atoms with Gasteiger partial charge in [-0.15, -0.1) is 24.0 Å². The van der Waals surface area contributed by atoms with Gasteiger partial charge >= 0.3 is 0 Å². The highest BCUT2D eigenvalue weighted by molar-refractivity contribution is 14.0. The van der Waals surface area contributed by atoms with E-state index in [9.17, 15) is 8.78 Å². The molecule has 2 heterocycles. The second kappa shape index (κ2) is 10.5. The van der Waals surface area contributed by atoms with Gasteiger partial charge in [0.15, 0.2) is 5.96 Å². The van der Waals surface area contributed by atoms with Crippen molar-refractivity contribution in [2.45, 2.75) is 45.1 Å². The summed E-state index contributed by atoms with van der Waals surface area (Å²) in [6.07, 6.45) is 3.80. The molecule has 0 bridgehead atoms. The van der Waals surface area contributed by atoms with Gasteiger partial charge in [-0.25, -0.2) is 8.78 Å². The number of rotatable bonds is 5. The molecule has 0 radical (unpaired) electrons. The van der Waals surface area contributed by atoms with E-state index in [4.69, 9.17) is 4.99 Å². The average molecular weight is 492 g/mol. The molecule has 1 N–H and O–H groups in total. The van der Waals surface area contributed by atoms with Crippen molar-refractivity contribution in [3.05, 3.63) is 35.4 Å². The van der Waals surface area contributed by atoms with Crippen LogP contribution in [0.15, 0.2) is 23.2 Å². The van der Waals surface area contributed by atoms with E-state index in [1.54, 1.807) is 0 Å². The summed E-state index contributed by atoms with van der Waals surface area (Å²) in [5.41, 5.74) is 0.516. The Morgan fingerprint density at radius 2 is 2.00 bits per heavy atom. The van der Waals surface area contributed by atoms with Crippen molar-refractivity contribution < 1.29 is 8.78 Å². The SMILES string of the molecule is CCNC(=NCC(C)c1ccc(F)cc1F)N1CCC(N2CCCC2)C1.I. The third-order valence-electron chi connectivity index (χ3n) is 5.46. The molecule has 1 aromatic carbocycles. The Morgan fingerprint density at radius 1 is 1.26 bits per heavy atom. The van der Waals surface area contributed by atoms with Gasteiger partial charge in [-0.1, -0.05) is 13.0 Å². The van der Waals surface area contributed by atoms with E-state index in [1.165, 1.54) is 44.5 Å². The minimum atomic E-state index is -0.541. The van der Waals surface area contributed by atoms with Crippen molar-refractivity contribution in [2.24, 2.45) is 4.99 Å². The van der Waals surface area contributed by atoms with Crippen molar-refractivity contribution in [3.63, 3.8) is 0 Å². The molecule has 3 rings (SSSR count). The van der Waals surface area contributed by atoms with E-state index in [0.717, 1.165) is 31.7 Å². The number of guanidine groups is 1. The summed E-state index contributed by atoms with van der Waals surface area (Å²) in [6, 6.07) is 4.40. The summed E-state index contributed by atoms with van der Waals surface area (Å²) in [7, 11) is 0. The molecule has 4 nitrogen and oxygen atoms in total. The minimum absolute atomic E-state index is 0. The molecule has 1 aromatic rings. The largest absolute Gasteiger partial charge is 0.357 e. The van der Waals surface area contributed by atoms with E-state index in [-0.39, 0.29) is 29.9 Å². The second-order valence-corrected chi connectivity index (χ2v) is 7.39. The monoisotopic (exact) mass is 492 g/mol. The number of benzene rings is 1. The highest BCUT2D eigenvalue weighted by atomic mass is 127. The molecule has 2 atom stereocenters. The Hall–Kier alpha value is -0.960. The van der Waals surface area contributed by atoms with Crippen molar-refractivity contribution in [1.29, 1.82) is 0 Å². The van der Waals surface area contributed by atoms with Gasteiger partial charge < -0.3 is 10.2 Å². The standard InChI is InChI=1S/C20H30F2N4.HI/c1-3-23-20(26-11-8-17(14-26)25-9-4-5-10-25)24-13-15(2)18-7-6-16(21)12-19(18)22;/h6-7,12,15,17H,3-5,8-11,13-14H2,1-2H3,(H,23,24);1H. The third kappa shape index (κ3) is 5.76. The third-order valence-corrected chi connectivity index (χ3v) is 5.46. The zero-order valence-corrected chi connectivity index (χ0v) is 18.6. The lowest BCUT2D eigenvalue weighted by atomic mass is 10.0. The number of hydrogen-bond donors (Lipinski definition) is 1. The van der Waals surface area contributed by atoms with E-state index in [2.05, 4.69) is 22.0 Å². The van der Waals surface area contributed by atoms with Gasteiger partial charge in [0.05, 0.1) is 0 Å². The zero-order chi connectivity index (χ0) is 18.5. The van der Waals surface area contributed by atoms with Gasteiger partial charge in [0.2, 0.25) is 0 Å². The lowest BCUT2D eigenvalue weighted by Crippen LogP contribution is -2.42. The van der Waals surface area contributed by atoms with Crippen LogP contribution >= 0.6 is 24.0 Å². The number of likely N-dealkylation sites (tertiary alicyclic amines) is 2. The lowest BCUT2D eigenvalue weighted by molar-refractivity contribution is 0.249. The molecule has 0 amide bonds. The van der Waals surface area contributed by atoms with E-state index < -0.39 is 11.6 Å². The number of hydrogen-bond acceptors (Lipinski definition) is 2. The van der Waals surface area contributed by atoms with Crippen LogP contribution in [-0.2, 0) is 0 Å². The van der Waals surface area contributed by atoms with Gasteiger partial charge in [-0.2, -0.15) is 0 Å². The first-order valence-corrected chi connectivity index (χ1v) is 9.80. The molecule has 2 unspecified atom stereocenters. The Kier molecular flexibility index (Phi) is 8.72. The minimum Gasteiger partial charge on any atom is -0.357 e. The second-order valence-electron chi connectivity index (χ2n) is 7.39. The van der Waals surface area contributed by atoms with Crippen molar-refractivity contribution >= 4 is 29.9 Å². The number of nitrogens with one attached hydrogen (secondary N) is 1. The summed E-state index contributed by atoms with van der Waals surface area (Å²) in [5.74, 6) is -0.224. The number of halogens is 3. The molecular weight excluding hydrogens is 461 g/mol. The first-order chi connectivity index (χ1) is 12.6. The zero-order valence-electron chi connectivity index (χ0n) is 16.3. The van der Waals surface area contributed by atoms with Crippen molar-refractivity contribution in [1.82, 2.24) is 15.1 Å². The van der Waals surface area contributed by atoms with Crippen LogP contribution in [0.1, 0.15) is 44.6 Å². The van der Waals surface area contributed by atoms with Crippen molar-refractivity contribution in [3.8, 4) is 0 Å². The van der Waals surface area contributed by atoms with Gasteiger partial charge in [0.1, 0.15) is 11.6 Å². The first-order valence-electron chi connectivity index (χ1n) is 9.80. The molecule has 2 fully saturated rings. The van der Waals surface area contributed by atoms with E-state index in [1.807, 2.05) is 6.92 Å². The predicted molar refractivity (Wildman–Crippen MR) is 117 cm³/mol. The fourth-order valence-electron chi connectivity index (χ4n) is 3.99. The summed E-state index contributed by atoms with van der Waals surface area (Å²) in [6.45, 7) is 9.73. The fraction of sp³-hybridized carbons (Fsp3) is 0.650. The summed E-state index contributed by atoms with van der Waals surface area (Å²) < 4.78 is 27.1. The van der Waals surface area contributed by atoms with Crippen LogP contribution < -0.4 is 5.32 Å². The normalized spacial score (nSPS) is 22.0. The first kappa shape index (κ1) is 22.3. The van der Waals surface area contributed by atoms with Gasteiger partial charge in [-0.3, -0.25) is 9.89 Å². The van der Waals surface area contributed by atoms with Crippen LogP contribution in [0, 0.1) is 11.6 Å². The number of nitrogens with zero attached hydrogens (tertiary/aromatic N) is 3. The molecule has 0 spiro atoms. The highest BCUT2D eigenvalue weighted by Crippen LogP contribution is 2.22. The smallest absolute Gasteiger partial charge is 0.193 e. The Balaban J connectivity index is 0.00000261. The summed E-state index contributed by atoms with van der Waals surface area (Å²) >= 11 is 0. The molecule has 0 aromatic heterocycles. The fourth-order valence-corrected chi connectivity index (χ4v) is 3.99. The van der Waals surface area contributed by atoms with Gasteiger partial charge in [-0.05, 0) is 50.9 Å². The number of aliphatic imine (C=N–C) groups is 1. The maximum absolute atomic E-state index is 14.0. The van der Waals surface area contributed by atoms with E-state index >= 15 is 0 Å². The maximum atomic E-state index is 14.0.